The highest BCUT2D eigenvalue weighted by Gasteiger charge is 2.29. The Morgan fingerprint density at radius 2 is 1.31 bits per heavy atom. The zero-order valence-corrected chi connectivity index (χ0v) is 20.8. The maximum absolute atomic E-state index is 14.5. The normalized spacial score (nSPS) is 12.2. The lowest BCUT2D eigenvalue weighted by Crippen LogP contribution is -2.33. The van der Waals surface area contributed by atoms with Crippen LogP contribution in [-0.2, 0) is 14.3 Å². The van der Waals surface area contributed by atoms with E-state index < -0.39 is 18.0 Å². The number of anilines is 1. The van der Waals surface area contributed by atoms with Crippen LogP contribution in [0.25, 0.3) is 0 Å². The smallest absolute Gasteiger partial charge is 0.350 e. The van der Waals surface area contributed by atoms with E-state index in [9.17, 15) is 14.0 Å². The second kappa shape index (κ2) is 15.8. The van der Waals surface area contributed by atoms with E-state index in [0.29, 0.717) is 12.1 Å². The zero-order valence-electron chi connectivity index (χ0n) is 20.8. The van der Waals surface area contributed by atoms with Gasteiger partial charge in [-0.25, -0.2) is 9.18 Å². The third kappa shape index (κ3) is 10.1. The molecule has 0 saturated heterocycles. The van der Waals surface area contributed by atoms with Crippen molar-refractivity contribution in [2.75, 3.05) is 11.9 Å². The van der Waals surface area contributed by atoms with Crippen LogP contribution in [0.4, 0.5) is 10.1 Å². The number of benzene rings is 1. The second-order valence-electron chi connectivity index (χ2n) is 9.32. The maximum Gasteiger partial charge on any atom is 0.350 e. The Morgan fingerprint density at radius 3 is 1.78 bits per heavy atom. The van der Waals surface area contributed by atoms with Gasteiger partial charge < -0.3 is 10.1 Å². The quantitative estimate of drug-likeness (QED) is 0.160. The average Bonchev–Trinajstić information content (AvgIpc) is 2.76. The molecule has 0 bridgehead atoms. The SMILES string of the molecule is CCCCCCCCCCCCOC(=O)C(F)C(=O)Nc1c(C(C)C)cccc1C(C)C. The number of alkyl halides is 1. The summed E-state index contributed by atoms with van der Waals surface area (Å²) >= 11 is 0. The molecule has 0 spiro atoms. The molecule has 1 atom stereocenters. The molecule has 0 aliphatic rings. The molecular weight excluding hydrogens is 405 g/mol. The monoisotopic (exact) mass is 449 g/mol. The van der Waals surface area contributed by atoms with Crippen molar-refractivity contribution in [1.29, 1.82) is 0 Å². The molecule has 4 nitrogen and oxygen atoms in total. The van der Waals surface area contributed by atoms with Gasteiger partial charge >= 0.3 is 5.97 Å². The molecule has 182 valence electrons. The molecule has 1 N–H and O–H groups in total. The summed E-state index contributed by atoms with van der Waals surface area (Å²) in [5.41, 5.74) is 2.46. The van der Waals surface area contributed by atoms with Gasteiger partial charge in [-0.05, 0) is 29.4 Å². The molecule has 1 unspecified atom stereocenters. The van der Waals surface area contributed by atoms with E-state index in [1.165, 1.54) is 44.9 Å². The predicted molar refractivity (Wildman–Crippen MR) is 131 cm³/mol. The molecule has 0 aromatic heterocycles. The van der Waals surface area contributed by atoms with Crippen molar-refractivity contribution in [3.05, 3.63) is 29.3 Å². The van der Waals surface area contributed by atoms with Crippen LogP contribution in [0, 0.1) is 0 Å². The lowest BCUT2D eigenvalue weighted by atomic mass is 9.92. The van der Waals surface area contributed by atoms with Crippen LogP contribution < -0.4 is 5.32 Å². The van der Waals surface area contributed by atoms with Crippen LogP contribution in [-0.4, -0.2) is 24.7 Å². The molecule has 32 heavy (non-hydrogen) atoms. The molecule has 0 aliphatic heterocycles. The van der Waals surface area contributed by atoms with Gasteiger partial charge in [0.2, 0.25) is 0 Å². The largest absolute Gasteiger partial charge is 0.463 e. The zero-order chi connectivity index (χ0) is 23.9. The summed E-state index contributed by atoms with van der Waals surface area (Å²) in [6.07, 6.45) is 9.35. The van der Waals surface area contributed by atoms with E-state index in [0.717, 1.165) is 24.0 Å². The lowest BCUT2D eigenvalue weighted by Gasteiger charge is -2.20. The third-order valence-electron chi connectivity index (χ3n) is 5.80. The van der Waals surface area contributed by atoms with Crippen molar-refractivity contribution in [3.8, 4) is 0 Å². The molecular formula is C27H44FNO3. The van der Waals surface area contributed by atoms with Gasteiger partial charge in [0.25, 0.3) is 12.1 Å². The summed E-state index contributed by atoms with van der Waals surface area (Å²) in [7, 11) is 0. The number of amides is 1. The van der Waals surface area contributed by atoms with Gasteiger partial charge in [0.15, 0.2) is 0 Å². The first-order chi connectivity index (χ1) is 15.3. The summed E-state index contributed by atoms with van der Waals surface area (Å²) in [5, 5.41) is 2.65. The van der Waals surface area contributed by atoms with Crippen molar-refractivity contribution in [1.82, 2.24) is 0 Å². The number of carbonyl (C=O) groups excluding carboxylic acids is 2. The standard InChI is InChI=1S/C27H44FNO3/c1-6-7-8-9-10-11-12-13-14-15-19-32-27(31)24(28)26(30)29-25-22(20(2)3)17-16-18-23(25)21(4)5/h16-18,20-21,24H,6-15,19H2,1-5H3,(H,29,30). The van der Waals surface area contributed by atoms with Crippen molar-refractivity contribution < 1.29 is 18.7 Å². The summed E-state index contributed by atoms with van der Waals surface area (Å²) in [4.78, 5) is 24.4. The molecule has 0 saturated carbocycles. The number of rotatable bonds is 16. The lowest BCUT2D eigenvalue weighted by molar-refractivity contribution is -0.152. The van der Waals surface area contributed by atoms with Gasteiger partial charge in [0, 0.05) is 5.69 Å². The molecule has 1 aromatic carbocycles. The van der Waals surface area contributed by atoms with E-state index in [1.54, 1.807) is 0 Å². The fraction of sp³-hybridized carbons (Fsp3) is 0.704. The van der Waals surface area contributed by atoms with E-state index in [2.05, 4.69) is 12.2 Å². The van der Waals surface area contributed by atoms with Crippen molar-refractivity contribution in [3.63, 3.8) is 0 Å². The van der Waals surface area contributed by atoms with Gasteiger partial charge in [-0.1, -0.05) is 111 Å². The number of carbonyl (C=O) groups is 2. The number of esters is 1. The Labute approximate surface area is 194 Å². The Morgan fingerprint density at radius 1 is 0.844 bits per heavy atom. The fourth-order valence-electron chi connectivity index (χ4n) is 3.82. The van der Waals surface area contributed by atoms with Gasteiger partial charge in [0.1, 0.15) is 0 Å². The van der Waals surface area contributed by atoms with Crippen molar-refractivity contribution in [2.24, 2.45) is 0 Å². The molecule has 0 radical (unpaired) electrons. The molecule has 1 amide bonds. The highest BCUT2D eigenvalue weighted by Crippen LogP contribution is 2.32. The van der Waals surface area contributed by atoms with Gasteiger partial charge in [-0.2, -0.15) is 0 Å². The summed E-state index contributed by atoms with van der Waals surface area (Å²) in [6.45, 7) is 10.4. The Bertz CT molecular complexity index is 661. The van der Waals surface area contributed by atoms with Crippen molar-refractivity contribution in [2.45, 2.75) is 117 Å². The number of hydrogen-bond donors (Lipinski definition) is 1. The molecule has 1 rings (SSSR count). The van der Waals surface area contributed by atoms with Crippen LogP contribution in [0.3, 0.4) is 0 Å². The minimum Gasteiger partial charge on any atom is -0.463 e. The van der Waals surface area contributed by atoms with E-state index >= 15 is 0 Å². The van der Waals surface area contributed by atoms with Crippen LogP contribution >= 0.6 is 0 Å². The Balaban J connectivity index is 2.39. The first-order valence-corrected chi connectivity index (χ1v) is 12.5. The Hall–Kier alpha value is -1.91. The predicted octanol–water partition coefficient (Wildman–Crippen LogP) is 7.67. The number of nitrogens with one attached hydrogen (secondary N) is 1. The van der Waals surface area contributed by atoms with E-state index in [4.69, 9.17) is 4.74 Å². The molecule has 0 fully saturated rings. The maximum atomic E-state index is 14.5. The van der Waals surface area contributed by atoms with Gasteiger partial charge in [-0.15, -0.1) is 0 Å². The van der Waals surface area contributed by atoms with E-state index in [-0.39, 0.29) is 18.4 Å². The van der Waals surface area contributed by atoms with E-state index in [1.807, 2.05) is 45.9 Å². The first-order valence-electron chi connectivity index (χ1n) is 12.5. The number of unbranched alkanes of at least 4 members (excludes halogenated alkanes) is 9. The van der Waals surface area contributed by atoms with Gasteiger partial charge in [-0.3, -0.25) is 4.79 Å². The minimum atomic E-state index is -2.32. The number of ether oxygens (including phenoxy) is 1. The Kier molecular flexibility index (Phi) is 13.9. The van der Waals surface area contributed by atoms with Crippen LogP contribution in [0.2, 0.25) is 0 Å². The molecule has 1 aromatic rings. The topological polar surface area (TPSA) is 55.4 Å². The summed E-state index contributed by atoms with van der Waals surface area (Å²) in [5.74, 6) is -1.75. The average molecular weight is 450 g/mol. The molecule has 0 heterocycles. The van der Waals surface area contributed by atoms with Gasteiger partial charge in [0.05, 0.1) is 6.61 Å². The molecule has 0 aliphatic carbocycles. The second-order valence-corrected chi connectivity index (χ2v) is 9.32. The fourth-order valence-corrected chi connectivity index (χ4v) is 3.82. The summed E-state index contributed by atoms with van der Waals surface area (Å²) in [6, 6.07) is 5.78. The number of halogens is 1. The first kappa shape index (κ1) is 28.1. The highest BCUT2D eigenvalue weighted by atomic mass is 19.1. The number of para-hydroxylation sites is 1. The molecule has 5 heteroatoms. The van der Waals surface area contributed by atoms with Crippen LogP contribution in [0.1, 0.15) is 122 Å². The van der Waals surface area contributed by atoms with Crippen LogP contribution in [0.5, 0.6) is 0 Å². The summed E-state index contributed by atoms with van der Waals surface area (Å²) < 4.78 is 19.5. The van der Waals surface area contributed by atoms with Crippen molar-refractivity contribution >= 4 is 17.6 Å². The highest BCUT2D eigenvalue weighted by molar-refractivity contribution is 6.07. The third-order valence-corrected chi connectivity index (χ3v) is 5.80. The van der Waals surface area contributed by atoms with Crippen LogP contribution in [0.15, 0.2) is 18.2 Å². The number of hydrogen-bond acceptors (Lipinski definition) is 3. The minimum absolute atomic E-state index is 0.156.